The molecule has 0 aliphatic heterocycles. The van der Waals surface area contributed by atoms with E-state index in [2.05, 4.69) is 38.8 Å². The number of pyridine rings is 1. The van der Waals surface area contributed by atoms with Gasteiger partial charge in [-0.25, -0.2) is 0 Å². The highest BCUT2D eigenvalue weighted by atomic mass is 28.4. The van der Waals surface area contributed by atoms with E-state index in [9.17, 15) is 0 Å². The molecule has 0 spiro atoms. The van der Waals surface area contributed by atoms with Crippen molar-refractivity contribution in [3.05, 3.63) is 24.0 Å². The zero-order valence-corrected chi connectivity index (χ0v) is 11.9. The summed E-state index contributed by atoms with van der Waals surface area (Å²) in [4.78, 5) is 4.24. The maximum Gasteiger partial charge on any atom is 0.192 e. The van der Waals surface area contributed by atoms with Crippen molar-refractivity contribution in [3.8, 4) is 0 Å². The van der Waals surface area contributed by atoms with Crippen LogP contribution in [0.3, 0.4) is 0 Å². The van der Waals surface area contributed by atoms with Gasteiger partial charge in [0.05, 0.1) is 24.2 Å². The van der Waals surface area contributed by atoms with Gasteiger partial charge in [-0.15, -0.1) is 0 Å². The minimum atomic E-state index is -1.67. The predicted octanol–water partition coefficient (Wildman–Crippen LogP) is 3.19. The van der Waals surface area contributed by atoms with Gasteiger partial charge in [-0.3, -0.25) is 4.98 Å². The van der Waals surface area contributed by atoms with Crippen LogP contribution >= 0.6 is 0 Å². The van der Waals surface area contributed by atoms with Gasteiger partial charge in [0, 0.05) is 0 Å². The molecule has 1 aromatic rings. The van der Waals surface area contributed by atoms with Gasteiger partial charge in [0.1, 0.15) is 0 Å². The molecule has 0 amide bonds. The zero-order chi connectivity index (χ0) is 12.4. The molecule has 0 unspecified atom stereocenters. The van der Waals surface area contributed by atoms with E-state index >= 15 is 0 Å². The highest BCUT2D eigenvalue weighted by Crippen LogP contribution is 2.36. The largest absolute Gasteiger partial charge is 0.411 e. The van der Waals surface area contributed by atoms with Crippen LogP contribution in [0.2, 0.25) is 18.1 Å². The molecule has 0 aliphatic carbocycles. The van der Waals surface area contributed by atoms with Crippen molar-refractivity contribution < 1.29 is 4.43 Å². The molecule has 1 aromatic heterocycles. The second-order valence-corrected chi connectivity index (χ2v) is 10.4. The predicted molar refractivity (Wildman–Crippen MR) is 70.6 cm³/mol. The minimum Gasteiger partial charge on any atom is -0.411 e. The Morgan fingerprint density at radius 1 is 1.31 bits per heavy atom. The fraction of sp³-hybridized carbons (Fsp3) is 0.583. The summed E-state index contributed by atoms with van der Waals surface area (Å²) in [6.45, 7) is 11.8. The van der Waals surface area contributed by atoms with Crippen molar-refractivity contribution in [2.24, 2.45) is 0 Å². The van der Waals surface area contributed by atoms with Crippen LogP contribution < -0.4 is 5.73 Å². The van der Waals surface area contributed by atoms with Crippen LogP contribution in [0.15, 0.2) is 18.3 Å². The summed E-state index contributed by atoms with van der Waals surface area (Å²) >= 11 is 0. The molecule has 3 nitrogen and oxygen atoms in total. The lowest BCUT2D eigenvalue weighted by Gasteiger charge is -2.36. The van der Waals surface area contributed by atoms with E-state index in [0.717, 1.165) is 5.69 Å². The quantitative estimate of drug-likeness (QED) is 0.823. The van der Waals surface area contributed by atoms with E-state index in [0.29, 0.717) is 12.3 Å². The molecule has 0 radical (unpaired) electrons. The summed E-state index contributed by atoms with van der Waals surface area (Å²) in [5, 5.41) is 0.237. The van der Waals surface area contributed by atoms with E-state index in [1.54, 1.807) is 6.20 Å². The van der Waals surface area contributed by atoms with Crippen molar-refractivity contribution in [3.63, 3.8) is 0 Å². The maximum atomic E-state index is 6.06. The van der Waals surface area contributed by atoms with Crippen molar-refractivity contribution in [2.45, 2.75) is 45.5 Å². The number of aromatic nitrogens is 1. The summed E-state index contributed by atoms with van der Waals surface area (Å²) < 4.78 is 6.06. The van der Waals surface area contributed by atoms with Gasteiger partial charge in [0.2, 0.25) is 0 Å². The molecule has 0 saturated carbocycles. The normalized spacial score (nSPS) is 12.8. The summed E-state index contributed by atoms with van der Waals surface area (Å²) in [6, 6.07) is 3.78. The van der Waals surface area contributed by atoms with Crippen molar-refractivity contribution in [1.82, 2.24) is 4.98 Å². The molecule has 0 saturated heterocycles. The molecule has 16 heavy (non-hydrogen) atoms. The third kappa shape index (κ3) is 3.32. The Bertz CT molecular complexity index is 341. The molecule has 4 heteroatoms. The van der Waals surface area contributed by atoms with Crippen molar-refractivity contribution in [1.29, 1.82) is 0 Å². The van der Waals surface area contributed by atoms with Gasteiger partial charge in [-0.1, -0.05) is 20.8 Å². The third-order valence-corrected chi connectivity index (χ3v) is 7.71. The number of anilines is 1. The molecular formula is C12H22N2OSi. The maximum absolute atomic E-state index is 6.06. The van der Waals surface area contributed by atoms with E-state index in [1.165, 1.54) is 0 Å². The number of rotatable bonds is 3. The molecule has 1 heterocycles. The minimum absolute atomic E-state index is 0.237. The van der Waals surface area contributed by atoms with Crippen LogP contribution in [0.25, 0.3) is 0 Å². The molecule has 0 aromatic carbocycles. The molecule has 0 aliphatic rings. The second kappa shape index (κ2) is 4.55. The topological polar surface area (TPSA) is 48.1 Å². The lowest BCUT2D eigenvalue weighted by atomic mass is 10.2. The van der Waals surface area contributed by atoms with Gasteiger partial charge in [0.25, 0.3) is 0 Å². The Morgan fingerprint density at radius 2 is 1.94 bits per heavy atom. The molecule has 0 bridgehead atoms. The third-order valence-electron chi connectivity index (χ3n) is 3.23. The van der Waals surface area contributed by atoms with E-state index < -0.39 is 8.32 Å². The summed E-state index contributed by atoms with van der Waals surface area (Å²) in [5.41, 5.74) is 7.22. The number of hydrogen-bond donors (Lipinski definition) is 1. The average molecular weight is 238 g/mol. The first kappa shape index (κ1) is 13.2. The van der Waals surface area contributed by atoms with Crippen molar-refractivity contribution >= 4 is 14.0 Å². The fourth-order valence-corrected chi connectivity index (χ4v) is 1.93. The number of nitrogen functional groups attached to an aromatic ring is 1. The van der Waals surface area contributed by atoms with Crippen molar-refractivity contribution in [2.75, 3.05) is 5.73 Å². The average Bonchev–Trinajstić information content (AvgIpc) is 2.15. The Morgan fingerprint density at radius 3 is 2.38 bits per heavy atom. The van der Waals surface area contributed by atoms with Gasteiger partial charge < -0.3 is 10.2 Å². The lowest BCUT2D eigenvalue weighted by molar-refractivity contribution is 0.272. The molecule has 2 N–H and O–H groups in total. The summed E-state index contributed by atoms with van der Waals surface area (Å²) in [6.07, 6.45) is 1.67. The summed E-state index contributed by atoms with van der Waals surface area (Å²) in [7, 11) is -1.67. The fourth-order valence-electron chi connectivity index (χ4n) is 0.992. The highest BCUT2D eigenvalue weighted by Gasteiger charge is 2.37. The Labute approximate surface area is 99.2 Å². The number of nitrogens with two attached hydrogens (primary N) is 1. The van der Waals surface area contributed by atoms with Gasteiger partial charge >= 0.3 is 0 Å². The molecule has 1 rings (SSSR count). The van der Waals surface area contributed by atoms with Gasteiger partial charge in [-0.2, -0.15) is 0 Å². The van der Waals surface area contributed by atoms with Crippen LogP contribution in [-0.2, 0) is 11.0 Å². The highest BCUT2D eigenvalue weighted by molar-refractivity contribution is 6.74. The summed E-state index contributed by atoms with van der Waals surface area (Å²) in [5.74, 6) is 0. The first-order valence-electron chi connectivity index (χ1n) is 5.57. The SMILES string of the molecule is CC(C)(C)[Si](C)(C)OCc1ccc(N)cn1. The molecule has 0 fully saturated rings. The molecule has 0 atom stereocenters. The van der Waals surface area contributed by atoms with Gasteiger partial charge in [0.15, 0.2) is 8.32 Å². The van der Waals surface area contributed by atoms with Crippen LogP contribution in [0.1, 0.15) is 26.5 Å². The van der Waals surface area contributed by atoms with Crippen LogP contribution in [-0.4, -0.2) is 13.3 Å². The monoisotopic (exact) mass is 238 g/mol. The van der Waals surface area contributed by atoms with E-state index in [1.807, 2.05) is 12.1 Å². The first-order chi connectivity index (χ1) is 7.22. The molecule has 90 valence electrons. The van der Waals surface area contributed by atoms with E-state index in [-0.39, 0.29) is 5.04 Å². The Hall–Kier alpha value is -0.873. The smallest absolute Gasteiger partial charge is 0.192 e. The van der Waals surface area contributed by atoms with Crippen LogP contribution in [0, 0.1) is 0 Å². The van der Waals surface area contributed by atoms with E-state index in [4.69, 9.17) is 10.2 Å². The number of hydrogen-bond acceptors (Lipinski definition) is 3. The zero-order valence-electron chi connectivity index (χ0n) is 10.9. The number of nitrogens with zero attached hydrogens (tertiary/aromatic N) is 1. The molecular weight excluding hydrogens is 216 g/mol. The Balaban J connectivity index is 2.61. The second-order valence-electron chi connectivity index (χ2n) is 5.63. The standard InChI is InChI=1S/C12H22N2OSi/c1-12(2,3)16(4,5)15-9-11-7-6-10(13)8-14-11/h6-8H,9,13H2,1-5H3. The Kier molecular flexibility index (Phi) is 3.75. The lowest BCUT2D eigenvalue weighted by Crippen LogP contribution is -2.40. The van der Waals surface area contributed by atoms with Crippen LogP contribution in [0.5, 0.6) is 0 Å². The first-order valence-corrected chi connectivity index (χ1v) is 8.47. The van der Waals surface area contributed by atoms with Crippen LogP contribution in [0.4, 0.5) is 5.69 Å². The van der Waals surface area contributed by atoms with Gasteiger partial charge in [-0.05, 0) is 30.3 Å².